The quantitative estimate of drug-likeness (QED) is 0.774. The van der Waals surface area contributed by atoms with Gasteiger partial charge in [-0.05, 0) is 12.1 Å². The van der Waals surface area contributed by atoms with E-state index < -0.39 is 0 Å². The fourth-order valence-electron chi connectivity index (χ4n) is 2.17. The lowest BCUT2D eigenvalue weighted by atomic mass is 10.3. The lowest BCUT2D eigenvalue weighted by Gasteiger charge is -2.26. The molecule has 0 saturated carbocycles. The highest BCUT2D eigenvalue weighted by Crippen LogP contribution is 2.05. The van der Waals surface area contributed by atoms with E-state index in [1.165, 1.54) is 0 Å². The van der Waals surface area contributed by atoms with Crippen molar-refractivity contribution in [3.63, 3.8) is 0 Å². The molecule has 0 spiro atoms. The Morgan fingerprint density at radius 3 is 2.94 bits per heavy atom. The van der Waals surface area contributed by atoms with Crippen LogP contribution in [0, 0.1) is 0 Å². The third kappa shape index (κ3) is 2.27. The Kier molecular flexibility index (Phi) is 3.08. The van der Waals surface area contributed by atoms with Crippen molar-refractivity contribution >= 4 is 5.65 Å². The van der Waals surface area contributed by atoms with Gasteiger partial charge in [-0.2, -0.15) is 0 Å². The lowest BCUT2D eigenvalue weighted by molar-refractivity contribution is 0.0336. The normalized spacial score (nSPS) is 17.1. The molecule has 0 atom stereocenters. The number of hydrogen-bond donors (Lipinski definition) is 0. The summed E-state index contributed by atoms with van der Waals surface area (Å²) < 4.78 is 6.86. The number of aromatic nitrogens is 2. The van der Waals surface area contributed by atoms with Crippen molar-refractivity contribution in [2.24, 2.45) is 0 Å². The zero-order valence-electron chi connectivity index (χ0n) is 10.1. The Morgan fingerprint density at radius 2 is 2.11 bits per heavy atom. The Balaban J connectivity index is 1.90. The predicted octanol–water partition coefficient (Wildman–Crippen LogP) is 0.527. The van der Waals surface area contributed by atoms with E-state index >= 15 is 0 Å². The standard InChI is InChI=1S/C13H15N3O2/c17-13-9-11(10-15-5-7-18-8-6-15)14-12-3-1-2-4-16(12)13/h1-4,9H,5-8,10H2. The van der Waals surface area contributed by atoms with Gasteiger partial charge in [0.25, 0.3) is 5.56 Å². The van der Waals surface area contributed by atoms with E-state index in [0.29, 0.717) is 12.2 Å². The summed E-state index contributed by atoms with van der Waals surface area (Å²) in [5.74, 6) is 0. The second-order valence-electron chi connectivity index (χ2n) is 4.40. The minimum atomic E-state index is -0.0242. The Bertz CT molecular complexity index is 602. The maximum Gasteiger partial charge on any atom is 0.258 e. The van der Waals surface area contributed by atoms with Crippen molar-refractivity contribution < 1.29 is 4.74 Å². The smallest absolute Gasteiger partial charge is 0.258 e. The average Bonchev–Trinajstić information content (AvgIpc) is 2.40. The van der Waals surface area contributed by atoms with E-state index in [0.717, 1.165) is 32.0 Å². The van der Waals surface area contributed by atoms with E-state index in [1.807, 2.05) is 18.2 Å². The SMILES string of the molecule is O=c1cc(CN2CCOCC2)nc2ccccn12. The molecule has 0 aliphatic carbocycles. The molecule has 1 aliphatic rings. The molecule has 0 unspecified atom stereocenters. The van der Waals surface area contributed by atoms with Gasteiger partial charge < -0.3 is 4.74 Å². The number of morpholine rings is 1. The van der Waals surface area contributed by atoms with Crippen molar-refractivity contribution in [3.8, 4) is 0 Å². The van der Waals surface area contributed by atoms with Crippen LogP contribution in [0.3, 0.4) is 0 Å². The fourth-order valence-corrected chi connectivity index (χ4v) is 2.17. The van der Waals surface area contributed by atoms with Crippen LogP contribution in [0.15, 0.2) is 35.3 Å². The lowest BCUT2D eigenvalue weighted by Crippen LogP contribution is -2.36. The van der Waals surface area contributed by atoms with Crippen LogP contribution >= 0.6 is 0 Å². The topological polar surface area (TPSA) is 46.8 Å². The molecule has 1 fully saturated rings. The van der Waals surface area contributed by atoms with E-state index in [1.54, 1.807) is 16.7 Å². The molecule has 94 valence electrons. The zero-order chi connectivity index (χ0) is 12.4. The molecule has 5 nitrogen and oxygen atoms in total. The van der Waals surface area contributed by atoms with Crippen molar-refractivity contribution in [1.82, 2.24) is 14.3 Å². The van der Waals surface area contributed by atoms with Gasteiger partial charge in [0.2, 0.25) is 0 Å². The number of hydrogen-bond acceptors (Lipinski definition) is 4. The largest absolute Gasteiger partial charge is 0.379 e. The third-order valence-electron chi connectivity index (χ3n) is 3.11. The number of pyridine rings is 1. The summed E-state index contributed by atoms with van der Waals surface area (Å²) in [6.07, 6.45) is 1.74. The summed E-state index contributed by atoms with van der Waals surface area (Å²) in [5.41, 5.74) is 1.50. The number of ether oxygens (including phenoxy) is 1. The molecule has 0 bridgehead atoms. The highest BCUT2D eigenvalue weighted by Gasteiger charge is 2.12. The van der Waals surface area contributed by atoms with Crippen molar-refractivity contribution in [2.45, 2.75) is 6.54 Å². The molecule has 2 aromatic heterocycles. The summed E-state index contributed by atoms with van der Waals surface area (Å²) >= 11 is 0. The summed E-state index contributed by atoms with van der Waals surface area (Å²) in [4.78, 5) is 18.7. The van der Waals surface area contributed by atoms with E-state index in [2.05, 4.69) is 9.88 Å². The van der Waals surface area contributed by atoms with Crippen molar-refractivity contribution in [3.05, 3.63) is 46.5 Å². The highest BCUT2D eigenvalue weighted by molar-refractivity contribution is 5.37. The molecule has 3 rings (SSSR count). The van der Waals surface area contributed by atoms with Gasteiger partial charge in [-0.25, -0.2) is 4.98 Å². The maximum atomic E-state index is 11.9. The van der Waals surface area contributed by atoms with Gasteiger partial charge in [0.1, 0.15) is 5.65 Å². The molecule has 0 N–H and O–H groups in total. The van der Waals surface area contributed by atoms with Gasteiger partial charge in [0.05, 0.1) is 18.9 Å². The molecule has 3 heterocycles. The summed E-state index contributed by atoms with van der Waals surface area (Å²) in [5, 5.41) is 0. The van der Waals surface area contributed by atoms with E-state index in [9.17, 15) is 4.79 Å². The zero-order valence-corrected chi connectivity index (χ0v) is 10.1. The second kappa shape index (κ2) is 4.88. The molecule has 0 radical (unpaired) electrons. The van der Waals surface area contributed by atoms with Crippen LogP contribution in [0.5, 0.6) is 0 Å². The van der Waals surface area contributed by atoms with Gasteiger partial charge in [0.15, 0.2) is 0 Å². The number of fused-ring (bicyclic) bond motifs is 1. The van der Waals surface area contributed by atoms with Crippen LogP contribution < -0.4 is 5.56 Å². The average molecular weight is 245 g/mol. The molecule has 1 aliphatic heterocycles. The van der Waals surface area contributed by atoms with E-state index in [4.69, 9.17) is 4.74 Å². The minimum Gasteiger partial charge on any atom is -0.379 e. The predicted molar refractivity (Wildman–Crippen MR) is 67.6 cm³/mol. The summed E-state index contributed by atoms with van der Waals surface area (Å²) in [6, 6.07) is 7.19. The molecular weight excluding hydrogens is 230 g/mol. The summed E-state index contributed by atoms with van der Waals surface area (Å²) in [6.45, 7) is 4.02. The third-order valence-corrected chi connectivity index (χ3v) is 3.11. The molecular formula is C13H15N3O2. The van der Waals surface area contributed by atoms with E-state index in [-0.39, 0.29) is 5.56 Å². The second-order valence-corrected chi connectivity index (χ2v) is 4.40. The Morgan fingerprint density at radius 1 is 1.28 bits per heavy atom. The van der Waals surface area contributed by atoms with Gasteiger partial charge in [-0.15, -0.1) is 0 Å². The monoisotopic (exact) mass is 245 g/mol. The maximum absolute atomic E-state index is 11.9. The molecule has 18 heavy (non-hydrogen) atoms. The molecule has 2 aromatic rings. The fraction of sp³-hybridized carbons (Fsp3) is 0.385. The first-order valence-electron chi connectivity index (χ1n) is 6.10. The van der Waals surface area contributed by atoms with Crippen LogP contribution in [0.1, 0.15) is 5.69 Å². The molecule has 0 aromatic carbocycles. The van der Waals surface area contributed by atoms with Gasteiger partial charge in [0, 0.05) is 31.9 Å². The summed E-state index contributed by atoms with van der Waals surface area (Å²) in [7, 11) is 0. The molecule has 0 amide bonds. The van der Waals surface area contributed by atoms with Gasteiger partial charge >= 0.3 is 0 Å². The Hall–Kier alpha value is -1.72. The Labute approximate surface area is 105 Å². The van der Waals surface area contributed by atoms with Gasteiger partial charge in [-0.1, -0.05) is 6.07 Å². The van der Waals surface area contributed by atoms with Crippen LogP contribution in [-0.2, 0) is 11.3 Å². The minimum absolute atomic E-state index is 0.0242. The first kappa shape index (κ1) is 11.4. The molecule has 1 saturated heterocycles. The van der Waals surface area contributed by atoms with Crippen LogP contribution in [0.4, 0.5) is 0 Å². The highest BCUT2D eigenvalue weighted by atomic mass is 16.5. The van der Waals surface area contributed by atoms with Crippen LogP contribution in [0.25, 0.3) is 5.65 Å². The number of nitrogens with zero attached hydrogens (tertiary/aromatic N) is 3. The van der Waals surface area contributed by atoms with Crippen molar-refractivity contribution in [2.75, 3.05) is 26.3 Å². The first-order chi connectivity index (χ1) is 8.83. The first-order valence-corrected chi connectivity index (χ1v) is 6.10. The number of rotatable bonds is 2. The van der Waals surface area contributed by atoms with Crippen LogP contribution in [-0.4, -0.2) is 40.6 Å². The molecule has 5 heteroatoms. The van der Waals surface area contributed by atoms with Crippen molar-refractivity contribution in [1.29, 1.82) is 0 Å². The van der Waals surface area contributed by atoms with Crippen LogP contribution in [0.2, 0.25) is 0 Å². The van der Waals surface area contributed by atoms with Gasteiger partial charge in [-0.3, -0.25) is 14.1 Å².